The van der Waals surface area contributed by atoms with E-state index in [0.717, 1.165) is 31.6 Å². The topological polar surface area (TPSA) is 73.2 Å². The van der Waals surface area contributed by atoms with Gasteiger partial charge in [0.25, 0.3) is 11.5 Å². The highest BCUT2D eigenvalue weighted by atomic mass is 16.5. The van der Waals surface area contributed by atoms with Crippen LogP contribution < -0.4 is 15.6 Å². The first-order valence-corrected chi connectivity index (χ1v) is 8.04. The molecule has 3 rings (SSSR count). The Labute approximate surface area is 134 Å². The Balaban J connectivity index is 1.78. The number of carbonyl (C=O) groups is 1. The lowest BCUT2D eigenvalue weighted by molar-refractivity contribution is -0.123. The third kappa shape index (κ3) is 3.21. The first-order valence-electron chi connectivity index (χ1n) is 8.04. The highest BCUT2D eigenvalue weighted by Crippen LogP contribution is 2.19. The van der Waals surface area contributed by atoms with Crippen LogP contribution >= 0.6 is 0 Å². The minimum atomic E-state index is -0.164. The summed E-state index contributed by atoms with van der Waals surface area (Å²) < 4.78 is 7.23. The van der Waals surface area contributed by atoms with Crippen LogP contribution in [0.5, 0.6) is 5.75 Å². The summed E-state index contributed by atoms with van der Waals surface area (Å²) in [6, 6.07) is 5.32. The van der Waals surface area contributed by atoms with Crippen LogP contribution in [0.1, 0.15) is 32.5 Å². The number of fused-ring (bicyclic) bond motifs is 2. The van der Waals surface area contributed by atoms with Crippen molar-refractivity contribution in [1.82, 2.24) is 14.9 Å². The largest absolute Gasteiger partial charge is 0.484 e. The summed E-state index contributed by atoms with van der Waals surface area (Å²) in [5.74, 6) is 1.20. The second kappa shape index (κ2) is 6.40. The van der Waals surface area contributed by atoms with Gasteiger partial charge in [-0.15, -0.1) is 0 Å². The maximum absolute atomic E-state index is 12.5. The molecule has 1 N–H and O–H groups in total. The standard InChI is InChI=1S/C17H21N3O3/c1-3-11(2)18-16(21)10-23-12-6-7-14-13(9-12)17(22)20-8-4-5-15(20)19-14/h6-7,9,11H,3-5,8,10H2,1-2H3,(H,18,21). The molecular weight excluding hydrogens is 294 g/mol. The molecule has 1 amide bonds. The number of nitrogens with zero attached hydrogens (tertiary/aromatic N) is 2. The van der Waals surface area contributed by atoms with Crippen LogP contribution in [0.15, 0.2) is 23.0 Å². The minimum absolute atomic E-state index is 0.0305. The van der Waals surface area contributed by atoms with Gasteiger partial charge in [0.15, 0.2) is 6.61 Å². The van der Waals surface area contributed by atoms with E-state index in [9.17, 15) is 9.59 Å². The first-order chi connectivity index (χ1) is 11.1. The molecule has 1 aromatic carbocycles. The second-order valence-electron chi connectivity index (χ2n) is 5.93. The zero-order valence-electron chi connectivity index (χ0n) is 13.5. The van der Waals surface area contributed by atoms with Gasteiger partial charge in [0.1, 0.15) is 11.6 Å². The van der Waals surface area contributed by atoms with E-state index in [4.69, 9.17) is 4.74 Å². The number of hydrogen-bond donors (Lipinski definition) is 1. The Morgan fingerprint density at radius 2 is 2.30 bits per heavy atom. The minimum Gasteiger partial charge on any atom is -0.484 e. The predicted octanol–water partition coefficient (Wildman–Crippen LogP) is 1.64. The van der Waals surface area contributed by atoms with Crippen molar-refractivity contribution in [3.8, 4) is 5.75 Å². The average molecular weight is 315 g/mol. The molecular formula is C17H21N3O3. The van der Waals surface area contributed by atoms with E-state index in [-0.39, 0.29) is 24.1 Å². The summed E-state index contributed by atoms with van der Waals surface area (Å²) in [6.45, 7) is 4.62. The van der Waals surface area contributed by atoms with E-state index < -0.39 is 0 Å². The highest BCUT2D eigenvalue weighted by Gasteiger charge is 2.16. The average Bonchev–Trinajstić information content (AvgIpc) is 3.02. The van der Waals surface area contributed by atoms with Gasteiger partial charge in [-0.05, 0) is 38.0 Å². The van der Waals surface area contributed by atoms with E-state index in [1.165, 1.54) is 0 Å². The van der Waals surface area contributed by atoms with Crippen molar-refractivity contribution in [2.75, 3.05) is 6.61 Å². The van der Waals surface area contributed by atoms with E-state index in [1.807, 2.05) is 13.8 Å². The van der Waals surface area contributed by atoms with Crippen molar-refractivity contribution in [1.29, 1.82) is 0 Å². The number of nitrogens with one attached hydrogen (secondary N) is 1. The van der Waals surface area contributed by atoms with Crippen LogP contribution in [0.4, 0.5) is 0 Å². The number of rotatable bonds is 5. The highest BCUT2D eigenvalue weighted by molar-refractivity contribution is 5.80. The number of hydrogen-bond acceptors (Lipinski definition) is 4. The molecule has 0 fully saturated rings. The summed E-state index contributed by atoms with van der Waals surface area (Å²) in [5, 5.41) is 3.38. The molecule has 0 saturated heterocycles. The van der Waals surface area contributed by atoms with Gasteiger partial charge in [-0.1, -0.05) is 6.92 Å². The molecule has 23 heavy (non-hydrogen) atoms. The smallest absolute Gasteiger partial charge is 0.261 e. The Morgan fingerprint density at radius 3 is 3.09 bits per heavy atom. The molecule has 0 bridgehead atoms. The number of carbonyl (C=O) groups excluding carboxylic acids is 1. The van der Waals surface area contributed by atoms with Crippen LogP contribution in [0.2, 0.25) is 0 Å². The molecule has 0 aliphatic carbocycles. The Hall–Kier alpha value is -2.37. The second-order valence-corrected chi connectivity index (χ2v) is 5.93. The molecule has 0 saturated carbocycles. The lowest BCUT2D eigenvalue weighted by atomic mass is 10.2. The van der Waals surface area contributed by atoms with Gasteiger partial charge in [-0.3, -0.25) is 14.2 Å². The lowest BCUT2D eigenvalue weighted by Crippen LogP contribution is -2.35. The number of aromatic nitrogens is 2. The number of aryl methyl sites for hydroxylation is 1. The van der Waals surface area contributed by atoms with E-state index in [1.54, 1.807) is 22.8 Å². The van der Waals surface area contributed by atoms with E-state index in [0.29, 0.717) is 16.7 Å². The van der Waals surface area contributed by atoms with E-state index >= 15 is 0 Å². The molecule has 1 aliphatic heterocycles. The van der Waals surface area contributed by atoms with Crippen molar-refractivity contribution in [3.63, 3.8) is 0 Å². The molecule has 122 valence electrons. The molecule has 1 unspecified atom stereocenters. The molecule has 6 nitrogen and oxygen atoms in total. The Morgan fingerprint density at radius 1 is 1.48 bits per heavy atom. The van der Waals surface area contributed by atoms with Crippen LogP contribution in [0.3, 0.4) is 0 Å². The van der Waals surface area contributed by atoms with Gasteiger partial charge in [0.05, 0.1) is 10.9 Å². The summed E-state index contributed by atoms with van der Waals surface area (Å²) in [6.07, 6.45) is 2.67. The molecule has 1 aromatic heterocycles. The van der Waals surface area contributed by atoms with Crippen LogP contribution in [0.25, 0.3) is 10.9 Å². The predicted molar refractivity (Wildman–Crippen MR) is 87.7 cm³/mol. The maximum atomic E-state index is 12.5. The Kier molecular flexibility index (Phi) is 4.32. The summed E-state index contributed by atoms with van der Waals surface area (Å²) in [4.78, 5) is 28.8. The number of benzene rings is 1. The maximum Gasteiger partial charge on any atom is 0.261 e. The van der Waals surface area contributed by atoms with E-state index in [2.05, 4.69) is 10.3 Å². The van der Waals surface area contributed by atoms with Gasteiger partial charge >= 0.3 is 0 Å². The third-order valence-electron chi connectivity index (χ3n) is 4.18. The fourth-order valence-electron chi connectivity index (χ4n) is 2.72. The fraction of sp³-hybridized carbons (Fsp3) is 0.471. The Bertz CT molecular complexity index is 798. The molecule has 1 aliphatic rings. The first kappa shape index (κ1) is 15.5. The molecule has 6 heteroatoms. The van der Waals surface area contributed by atoms with Crippen molar-refractivity contribution in [2.24, 2.45) is 0 Å². The third-order valence-corrected chi connectivity index (χ3v) is 4.18. The van der Waals surface area contributed by atoms with Crippen LogP contribution in [0, 0.1) is 0 Å². The van der Waals surface area contributed by atoms with Crippen molar-refractivity contribution >= 4 is 16.8 Å². The molecule has 2 heterocycles. The monoisotopic (exact) mass is 315 g/mol. The van der Waals surface area contributed by atoms with Crippen molar-refractivity contribution < 1.29 is 9.53 Å². The summed E-state index contributed by atoms with van der Waals surface area (Å²) >= 11 is 0. The zero-order chi connectivity index (χ0) is 16.4. The fourth-order valence-corrected chi connectivity index (χ4v) is 2.72. The van der Waals surface area contributed by atoms with Gasteiger partial charge in [0, 0.05) is 19.0 Å². The number of ether oxygens (including phenoxy) is 1. The zero-order valence-corrected chi connectivity index (χ0v) is 13.5. The van der Waals surface area contributed by atoms with Gasteiger partial charge in [0.2, 0.25) is 0 Å². The normalized spacial score (nSPS) is 14.5. The lowest BCUT2D eigenvalue weighted by Gasteiger charge is -2.12. The number of amides is 1. The van der Waals surface area contributed by atoms with Gasteiger partial charge in [-0.25, -0.2) is 4.98 Å². The molecule has 1 atom stereocenters. The SMILES string of the molecule is CCC(C)NC(=O)COc1ccc2nc3n(c(=O)c2c1)CCC3. The molecule has 0 spiro atoms. The van der Waals surface area contributed by atoms with Gasteiger partial charge < -0.3 is 10.1 Å². The van der Waals surface area contributed by atoms with Crippen LogP contribution in [-0.2, 0) is 17.8 Å². The van der Waals surface area contributed by atoms with Crippen molar-refractivity contribution in [3.05, 3.63) is 34.4 Å². The quantitative estimate of drug-likeness (QED) is 0.910. The molecule has 0 radical (unpaired) electrons. The summed E-state index contributed by atoms with van der Waals surface area (Å²) in [7, 11) is 0. The van der Waals surface area contributed by atoms with Gasteiger partial charge in [-0.2, -0.15) is 0 Å². The summed E-state index contributed by atoms with van der Waals surface area (Å²) in [5.41, 5.74) is 0.650. The molecule has 2 aromatic rings. The van der Waals surface area contributed by atoms with Crippen molar-refractivity contribution in [2.45, 2.75) is 45.7 Å². The van der Waals surface area contributed by atoms with Crippen LogP contribution in [-0.4, -0.2) is 28.1 Å².